The number of hydrogen-bond donors (Lipinski definition) is 2. The van der Waals surface area contributed by atoms with Gasteiger partial charge in [0.15, 0.2) is 0 Å². The number of halogens is 3. The number of carbonyl (C=O) groups is 1. The fourth-order valence-electron chi connectivity index (χ4n) is 3.40. The third-order valence-electron chi connectivity index (χ3n) is 4.91. The van der Waals surface area contributed by atoms with Crippen LogP contribution in [-0.2, 0) is 6.18 Å². The number of amides is 2. The number of hydrogen-bond acceptors (Lipinski definition) is 1. The third kappa shape index (κ3) is 7.67. The van der Waals surface area contributed by atoms with Gasteiger partial charge in [-0.3, -0.25) is 0 Å². The largest absolute Gasteiger partial charge is 0.416 e. The van der Waals surface area contributed by atoms with Crippen LogP contribution in [-0.4, -0.2) is 12.1 Å². The molecule has 1 aliphatic carbocycles. The molecule has 6 heteroatoms. The standard InChI is InChI=1S/C20H29F3N2O/c21-20(22,23)16-12-14-18(15-13-16)25-19(26)24-17-10-8-6-4-2-1-3-5-7-9-11-17/h12-15,17H,1-11H2,(H2,24,25,26). The van der Waals surface area contributed by atoms with Gasteiger partial charge >= 0.3 is 12.2 Å². The van der Waals surface area contributed by atoms with E-state index in [-0.39, 0.29) is 12.1 Å². The summed E-state index contributed by atoms with van der Waals surface area (Å²) >= 11 is 0. The molecule has 1 aromatic carbocycles. The fourth-order valence-corrected chi connectivity index (χ4v) is 3.40. The first kappa shape index (κ1) is 20.6. The summed E-state index contributed by atoms with van der Waals surface area (Å²) in [6.07, 6.45) is 8.58. The zero-order valence-electron chi connectivity index (χ0n) is 15.2. The maximum Gasteiger partial charge on any atom is 0.416 e. The Morgan fingerprint density at radius 2 is 1.27 bits per heavy atom. The van der Waals surface area contributed by atoms with Crippen LogP contribution in [0.3, 0.4) is 0 Å². The SMILES string of the molecule is O=C(Nc1ccc(C(F)(F)F)cc1)NC1CCCCCCCCCCC1. The highest BCUT2D eigenvalue weighted by molar-refractivity contribution is 5.89. The molecule has 0 saturated heterocycles. The number of rotatable bonds is 2. The molecule has 2 amide bonds. The van der Waals surface area contributed by atoms with Gasteiger partial charge in [-0.05, 0) is 37.1 Å². The van der Waals surface area contributed by atoms with Gasteiger partial charge in [0.05, 0.1) is 5.56 Å². The van der Waals surface area contributed by atoms with Crippen molar-refractivity contribution in [3.05, 3.63) is 29.8 Å². The highest BCUT2D eigenvalue weighted by Gasteiger charge is 2.30. The van der Waals surface area contributed by atoms with E-state index in [4.69, 9.17) is 0 Å². The minimum absolute atomic E-state index is 0.129. The van der Waals surface area contributed by atoms with E-state index in [9.17, 15) is 18.0 Å². The van der Waals surface area contributed by atoms with Gasteiger partial charge in [0.2, 0.25) is 0 Å². The van der Waals surface area contributed by atoms with Crippen molar-refractivity contribution in [2.75, 3.05) is 5.32 Å². The van der Waals surface area contributed by atoms with Crippen molar-refractivity contribution in [2.45, 2.75) is 82.8 Å². The van der Waals surface area contributed by atoms with Gasteiger partial charge < -0.3 is 10.6 Å². The first-order valence-electron chi connectivity index (χ1n) is 9.70. The van der Waals surface area contributed by atoms with E-state index in [0.717, 1.165) is 37.8 Å². The molecular formula is C20H29F3N2O. The molecule has 0 heterocycles. The number of carbonyl (C=O) groups excluding carboxylic acids is 1. The van der Waals surface area contributed by atoms with Gasteiger partial charge in [-0.25, -0.2) is 4.79 Å². The number of alkyl halides is 3. The molecule has 0 spiro atoms. The summed E-state index contributed by atoms with van der Waals surface area (Å²) in [5.74, 6) is 0. The zero-order chi connectivity index (χ0) is 18.8. The number of anilines is 1. The van der Waals surface area contributed by atoms with Gasteiger partial charge in [0.25, 0.3) is 0 Å². The van der Waals surface area contributed by atoms with Crippen LogP contribution >= 0.6 is 0 Å². The number of urea groups is 1. The number of nitrogens with one attached hydrogen (secondary N) is 2. The second kappa shape index (κ2) is 10.4. The number of benzene rings is 1. The molecule has 146 valence electrons. The Kier molecular flexibility index (Phi) is 8.26. The first-order valence-corrected chi connectivity index (χ1v) is 9.70. The fraction of sp³-hybridized carbons (Fsp3) is 0.650. The molecule has 1 aliphatic rings. The maximum absolute atomic E-state index is 12.6. The molecule has 1 saturated carbocycles. The van der Waals surface area contributed by atoms with Gasteiger partial charge in [0, 0.05) is 11.7 Å². The monoisotopic (exact) mass is 370 g/mol. The predicted molar refractivity (Wildman–Crippen MR) is 98.2 cm³/mol. The van der Waals surface area contributed by atoms with Crippen LogP contribution in [0.25, 0.3) is 0 Å². The lowest BCUT2D eigenvalue weighted by Crippen LogP contribution is -2.38. The van der Waals surface area contributed by atoms with Crippen LogP contribution in [0.2, 0.25) is 0 Å². The summed E-state index contributed by atoms with van der Waals surface area (Å²) in [6, 6.07) is 4.30. The second-order valence-electron chi connectivity index (χ2n) is 7.13. The Labute approximate surface area is 153 Å². The Morgan fingerprint density at radius 3 is 1.73 bits per heavy atom. The highest BCUT2D eigenvalue weighted by atomic mass is 19.4. The van der Waals surface area contributed by atoms with E-state index in [1.807, 2.05) is 0 Å². The first-order chi connectivity index (χ1) is 12.4. The zero-order valence-corrected chi connectivity index (χ0v) is 15.2. The van der Waals surface area contributed by atoms with Crippen molar-refractivity contribution in [1.82, 2.24) is 5.32 Å². The summed E-state index contributed by atoms with van der Waals surface area (Å²) in [7, 11) is 0. The van der Waals surface area contributed by atoms with Crippen molar-refractivity contribution < 1.29 is 18.0 Å². The van der Waals surface area contributed by atoms with Crippen LogP contribution < -0.4 is 10.6 Å². The summed E-state index contributed by atoms with van der Waals surface area (Å²) in [4.78, 5) is 12.2. The van der Waals surface area contributed by atoms with Crippen molar-refractivity contribution in [1.29, 1.82) is 0 Å². The molecule has 1 aromatic rings. The van der Waals surface area contributed by atoms with Crippen LogP contribution in [0.5, 0.6) is 0 Å². The van der Waals surface area contributed by atoms with E-state index in [0.29, 0.717) is 5.69 Å². The Balaban J connectivity index is 1.83. The normalized spacial score (nSPS) is 18.4. The van der Waals surface area contributed by atoms with E-state index in [1.165, 1.54) is 57.1 Å². The second-order valence-corrected chi connectivity index (χ2v) is 7.13. The third-order valence-corrected chi connectivity index (χ3v) is 4.91. The lowest BCUT2D eigenvalue weighted by atomic mass is 9.98. The minimum Gasteiger partial charge on any atom is -0.335 e. The van der Waals surface area contributed by atoms with Crippen LogP contribution in [0.15, 0.2) is 24.3 Å². The Hall–Kier alpha value is -1.72. The van der Waals surface area contributed by atoms with E-state index < -0.39 is 11.7 Å². The Morgan fingerprint density at radius 1 is 0.808 bits per heavy atom. The molecule has 2 N–H and O–H groups in total. The van der Waals surface area contributed by atoms with Crippen molar-refractivity contribution in [3.63, 3.8) is 0 Å². The molecule has 0 bridgehead atoms. The molecule has 2 rings (SSSR count). The lowest BCUT2D eigenvalue weighted by molar-refractivity contribution is -0.137. The smallest absolute Gasteiger partial charge is 0.335 e. The molecule has 0 unspecified atom stereocenters. The van der Waals surface area contributed by atoms with Gasteiger partial charge in [-0.1, -0.05) is 57.8 Å². The molecule has 3 nitrogen and oxygen atoms in total. The molecule has 26 heavy (non-hydrogen) atoms. The van der Waals surface area contributed by atoms with Crippen molar-refractivity contribution >= 4 is 11.7 Å². The molecule has 0 radical (unpaired) electrons. The average molecular weight is 370 g/mol. The predicted octanol–water partition coefficient (Wildman–Crippen LogP) is 6.50. The van der Waals surface area contributed by atoms with E-state index in [1.54, 1.807) is 0 Å². The summed E-state index contributed by atoms with van der Waals surface area (Å²) in [5.41, 5.74) is -0.355. The van der Waals surface area contributed by atoms with Crippen molar-refractivity contribution in [2.24, 2.45) is 0 Å². The lowest BCUT2D eigenvalue weighted by Gasteiger charge is -2.20. The van der Waals surface area contributed by atoms with Crippen molar-refractivity contribution in [3.8, 4) is 0 Å². The maximum atomic E-state index is 12.6. The Bertz CT molecular complexity index is 531. The minimum atomic E-state index is -4.37. The summed E-state index contributed by atoms with van der Waals surface area (Å²) in [6.45, 7) is 0. The topological polar surface area (TPSA) is 41.1 Å². The van der Waals surface area contributed by atoms with Crippen LogP contribution in [0.4, 0.5) is 23.7 Å². The average Bonchev–Trinajstić information content (AvgIpc) is 2.57. The van der Waals surface area contributed by atoms with Crippen LogP contribution in [0.1, 0.15) is 76.2 Å². The molecule has 0 atom stereocenters. The molecule has 1 fully saturated rings. The van der Waals surface area contributed by atoms with E-state index >= 15 is 0 Å². The summed E-state index contributed by atoms with van der Waals surface area (Å²) in [5, 5.41) is 5.63. The van der Waals surface area contributed by atoms with Gasteiger partial charge in [-0.15, -0.1) is 0 Å². The van der Waals surface area contributed by atoms with Gasteiger partial charge in [0.1, 0.15) is 0 Å². The van der Waals surface area contributed by atoms with Crippen LogP contribution in [0, 0.1) is 0 Å². The summed E-state index contributed by atoms with van der Waals surface area (Å²) < 4.78 is 37.7. The quantitative estimate of drug-likeness (QED) is 0.613. The van der Waals surface area contributed by atoms with E-state index in [2.05, 4.69) is 10.6 Å². The highest BCUT2D eigenvalue weighted by Crippen LogP contribution is 2.29. The molecule has 0 aliphatic heterocycles. The van der Waals surface area contributed by atoms with Gasteiger partial charge in [-0.2, -0.15) is 13.2 Å². The molecular weight excluding hydrogens is 341 g/mol. The molecule has 0 aromatic heterocycles.